The second kappa shape index (κ2) is 5.47. The lowest BCUT2D eigenvalue weighted by Crippen LogP contribution is -2.33. The Hall–Kier alpha value is -2.90. The smallest absolute Gasteiger partial charge is 0.292 e. The maximum atomic E-state index is 12.5. The van der Waals surface area contributed by atoms with Crippen LogP contribution in [0.4, 0.5) is 17.1 Å². The number of amides is 1. The largest absolute Gasteiger partial charge is 0.368 e. The van der Waals surface area contributed by atoms with Crippen molar-refractivity contribution in [2.24, 2.45) is 7.05 Å². The van der Waals surface area contributed by atoms with E-state index in [1.165, 1.54) is 6.07 Å². The van der Waals surface area contributed by atoms with Crippen LogP contribution in [0.1, 0.15) is 6.42 Å². The quantitative estimate of drug-likeness (QED) is 0.683. The first-order valence-corrected chi connectivity index (χ1v) is 6.86. The molecule has 1 fully saturated rings. The Labute approximate surface area is 126 Å². The van der Waals surface area contributed by atoms with E-state index >= 15 is 0 Å². The summed E-state index contributed by atoms with van der Waals surface area (Å²) in [5.74, 6) is -0.105. The normalized spacial score (nSPS) is 17.8. The van der Waals surface area contributed by atoms with Gasteiger partial charge in [0.25, 0.3) is 5.69 Å². The molecule has 0 spiro atoms. The van der Waals surface area contributed by atoms with Crippen LogP contribution in [0.15, 0.2) is 36.7 Å². The van der Waals surface area contributed by atoms with Crippen molar-refractivity contribution < 1.29 is 9.72 Å². The molecule has 0 radical (unpaired) electrons. The van der Waals surface area contributed by atoms with Crippen molar-refractivity contribution in [2.75, 3.05) is 16.8 Å². The highest BCUT2D eigenvalue weighted by Crippen LogP contribution is 2.28. The molecular formula is C14H15N5O3. The van der Waals surface area contributed by atoms with Crippen LogP contribution in [-0.2, 0) is 11.8 Å². The molecule has 1 saturated heterocycles. The molecule has 1 atom stereocenters. The van der Waals surface area contributed by atoms with Crippen LogP contribution in [0.5, 0.6) is 0 Å². The summed E-state index contributed by atoms with van der Waals surface area (Å²) in [4.78, 5) is 24.7. The van der Waals surface area contributed by atoms with Gasteiger partial charge < -0.3 is 10.2 Å². The Bertz CT molecular complexity index is 727. The number of para-hydroxylation sites is 2. The average Bonchev–Trinajstić information content (AvgIpc) is 3.06. The Balaban J connectivity index is 1.78. The summed E-state index contributed by atoms with van der Waals surface area (Å²) in [6.45, 7) is 0.558. The second-order valence-corrected chi connectivity index (χ2v) is 5.12. The van der Waals surface area contributed by atoms with Gasteiger partial charge in [0.1, 0.15) is 11.7 Å². The van der Waals surface area contributed by atoms with E-state index in [1.54, 1.807) is 47.2 Å². The van der Waals surface area contributed by atoms with Crippen molar-refractivity contribution in [3.63, 3.8) is 0 Å². The second-order valence-electron chi connectivity index (χ2n) is 5.12. The molecule has 1 amide bonds. The molecule has 2 heterocycles. The molecule has 1 aliphatic rings. The summed E-state index contributed by atoms with van der Waals surface area (Å²) >= 11 is 0. The Morgan fingerprint density at radius 1 is 1.41 bits per heavy atom. The number of hydrogen-bond donors (Lipinski definition) is 1. The first kappa shape index (κ1) is 14.1. The van der Waals surface area contributed by atoms with Crippen LogP contribution in [0.2, 0.25) is 0 Å². The summed E-state index contributed by atoms with van der Waals surface area (Å²) < 4.78 is 1.63. The predicted octanol–water partition coefficient (Wildman–Crippen LogP) is 1.55. The third-order valence-electron chi connectivity index (χ3n) is 3.64. The van der Waals surface area contributed by atoms with Gasteiger partial charge in [-0.05, 0) is 12.5 Å². The van der Waals surface area contributed by atoms with Gasteiger partial charge in [0.2, 0.25) is 5.91 Å². The van der Waals surface area contributed by atoms with E-state index in [0.29, 0.717) is 18.7 Å². The molecule has 8 nitrogen and oxygen atoms in total. The third kappa shape index (κ3) is 2.50. The maximum absolute atomic E-state index is 12.5. The minimum Gasteiger partial charge on any atom is -0.368 e. The van der Waals surface area contributed by atoms with E-state index in [2.05, 4.69) is 10.4 Å². The number of carbonyl (C=O) groups is 1. The number of aromatic nitrogens is 2. The van der Waals surface area contributed by atoms with Gasteiger partial charge in [-0.2, -0.15) is 5.10 Å². The molecule has 2 aromatic rings. The van der Waals surface area contributed by atoms with Crippen molar-refractivity contribution in [1.82, 2.24) is 9.78 Å². The van der Waals surface area contributed by atoms with Crippen molar-refractivity contribution >= 4 is 23.0 Å². The highest BCUT2D eigenvalue weighted by Gasteiger charge is 2.34. The van der Waals surface area contributed by atoms with Gasteiger partial charge in [-0.15, -0.1) is 0 Å². The van der Waals surface area contributed by atoms with Gasteiger partial charge in [0, 0.05) is 25.9 Å². The number of nitro benzene ring substituents is 1. The monoisotopic (exact) mass is 301 g/mol. The van der Waals surface area contributed by atoms with Crippen LogP contribution < -0.4 is 10.2 Å². The average molecular weight is 301 g/mol. The van der Waals surface area contributed by atoms with Crippen molar-refractivity contribution in [3.05, 3.63) is 46.8 Å². The molecule has 1 aromatic heterocycles. The number of hydrogen-bond acceptors (Lipinski definition) is 5. The zero-order chi connectivity index (χ0) is 15.7. The van der Waals surface area contributed by atoms with E-state index in [9.17, 15) is 14.9 Å². The van der Waals surface area contributed by atoms with Gasteiger partial charge in [-0.25, -0.2) is 0 Å². The fourth-order valence-corrected chi connectivity index (χ4v) is 2.56. The number of nitro groups is 1. The zero-order valence-electron chi connectivity index (χ0n) is 12.0. The summed E-state index contributed by atoms with van der Waals surface area (Å²) in [5.41, 5.74) is 1.06. The predicted molar refractivity (Wildman–Crippen MR) is 80.7 cm³/mol. The first-order chi connectivity index (χ1) is 10.6. The van der Waals surface area contributed by atoms with Crippen molar-refractivity contribution in [3.8, 4) is 0 Å². The highest BCUT2D eigenvalue weighted by atomic mass is 16.6. The maximum Gasteiger partial charge on any atom is 0.292 e. The molecule has 1 aliphatic heterocycles. The van der Waals surface area contributed by atoms with Gasteiger partial charge >= 0.3 is 0 Å². The molecule has 0 aliphatic carbocycles. The Kier molecular flexibility index (Phi) is 3.50. The molecule has 1 N–H and O–H groups in total. The van der Waals surface area contributed by atoms with Gasteiger partial charge in [-0.1, -0.05) is 12.1 Å². The molecular weight excluding hydrogens is 286 g/mol. The molecule has 0 saturated carbocycles. The van der Waals surface area contributed by atoms with E-state index in [0.717, 1.165) is 5.69 Å². The summed E-state index contributed by atoms with van der Waals surface area (Å²) in [6.07, 6.45) is 3.98. The Morgan fingerprint density at radius 2 is 2.18 bits per heavy atom. The number of carbonyl (C=O) groups excluding carboxylic acids is 1. The lowest BCUT2D eigenvalue weighted by Gasteiger charge is -2.15. The van der Waals surface area contributed by atoms with Crippen LogP contribution >= 0.6 is 0 Å². The number of rotatable bonds is 4. The third-order valence-corrected chi connectivity index (χ3v) is 3.64. The zero-order valence-corrected chi connectivity index (χ0v) is 12.0. The van der Waals surface area contributed by atoms with Gasteiger partial charge in [-0.3, -0.25) is 19.6 Å². The summed E-state index contributed by atoms with van der Waals surface area (Å²) in [7, 11) is 1.78. The highest BCUT2D eigenvalue weighted by molar-refractivity contribution is 6.01. The fourth-order valence-electron chi connectivity index (χ4n) is 2.56. The number of anilines is 2. The number of benzene rings is 1. The fraction of sp³-hybridized carbons (Fsp3) is 0.286. The van der Waals surface area contributed by atoms with Crippen LogP contribution in [-0.4, -0.2) is 33.2 Å². The van der Waals surface area contributed by atoms with Crippen LogP contribution in [0.3, 0.4) is 0 Å². The topological polar surface area (TPSA) is 93.3 Å². The minimum absolute atomic E-state index is 0.0323. The number of aryl methyl sites for hydroxylation is 1. The van der Waals surface area contributed by atoms with E-state index in [1.807, 2.05) is 0 Å². The van der Waals surface area contributed by atoms with Crippen LogP contribution in [0.25, 0.3) is 0 Å². The number of nitrogens with zero attached hydrogens (tertiary/aromatic N) is 4. The van der Waals surface area contributed by atoms with Crippen molar-refractivity contribution in [1.29, 1.82) is 0 Å². The molecule has 22 heavy (non-hydrogen) atoms. The SMILES string of the molecule is Cn1cc(N2CCC(Nc3ccccc3[N+](=O)[O-])C2=O)cn1. The molecule has 1 unspecified atom stereocenters. The van der Waals surface area contributed by atoms with Gasteiger partial charge in [0.05, 0.1) is 16.8 Å². The number of nitrogens with one attached hydrogen (secondary N) is 1. The van der Waals surface area contributed by atoms with E-state index < -0.39 is 11.0 Å². The molecule has 0 bridgehead atoms. The molecule has 3 rings (SSSR count). The van der Waals surface area contributed by atoms with Crippen molar-refractivity contribution in [2.45, 2.75) is 12.5 Å². The minimum atomic E-state index is -0.471. The van der Waals surface area contributed by atoms with E-state index in [-0.39, 0.29) is 11.6 Å². The standard InChI is InChI=1S/C14H15N5O3/c1-17-9-10(8-15-17)18-7-6-12(14(18)20)16-11-4-2-3-5-13(11)19(21)22/h2-5,8-9,12,16H,6-7H2,1H3. The molecule has 8 heteroatoms. The van der Waals surface area contributed by atoms with E-state index in [4.69, 9.17) is 0 Å². The van der Waals surface area contributed by atoms with Gasteiger partial charge in [0.15, 0.2) is 0 Å². The summed E-state index contributed by atoms with van der Waals surface area (Å²) in [6, 6.07) is 5.86. The first-order valence-electron chi connectivity index (χ1n) is 6.86. The lowest BCUT2D eigenvalue weighted by molar-refractivity contribution is -0.384. The Morgan fingerprint density at radius 3 is 2.86 bits per heavy atom. The molecule has 114 valence electrons. The summed E-state index contributed by atoms with van der Waals surface area (Å²) in [5, 5.41) is 18.1. The van der Waals surface area contributed by atoms with Crippen LogP contribution in [0, 0.1) is 10.1 Å². The lowest BCUT2D eigenvalue weighted by atomic mass is 10.2. The molecule has 1 aromatic carbocycles.